The van der Waals surface area contributed by atoms with Crippen LogP contribution in [0.15, 0.2) is 36.4 Å². The lowest BCUT2D eigenvalue weighted by atomic mass is 10.1. The summed E-state index contributed by atoms with van der Waals surface area (Å²) in [6.07, 6.45) is 0. The maximum absolute atomic E-state index is 5.49. The summed E-state index contributed by atoms with van der Waals surface area (Å²) in [6, 6.07) is 12.2. The predicted octanol–water partition coefficient (Wildman–Crippen LogP) is 3.31. The molecule has 0 bridgehead atoms. The second-order valence-electron chi connectivity index (χ2n) is 5.02. The molecule has 22 heavy (non-hydrogen) atoms. The second kappa shape index (κ2) is 7.71. The monoisotopic (exact) mass is 301 g/mol. The van der Waals surface area contributed by atoms with Crippen LogP contribution in [0, 0.1) is 6.92 Å². The Bertz CT molecular complexity index is 626. The van der Waals surface area contributed by atoms with Gasteiger partial charge in [0.15, 0.2) is 11.5 Å². The van der Waals surface area contributed by atoms with Gasteiger partial charge in [0.25, 0.3) is 0 Å². The van der Waals surface area contributed by atoms with Crippen molar-refractivity contribution in [1.82, 2.24) is 5.32 Å². The van der Waals surface area contributed by atoms with Gasteiger partial charge in [0.05, 0.1) is 21.3 Å². The fourth-order valence-electron chi connectivity index (χ4n) is 2.44. The van der Waals surface area contributed by atoms with Crippen molar-refractivity contribution in [2.45, 2.75) is 20.0 Å². The van der Waals surface area contributed by atoms with Gasteiger partial charge in [-0.15, -0.1) is 0 Å². The first-order valence-corrected chi connectivity index (χ1v) is 7.24. The SMILES string of the molecule is COc1ccc(CNCc2ccccc2C)c(OC)c1OC. The van der Waals surface area contributed by atoms with E-state index in [9.17, 15) is 0 Å². The van der Waals surface area contributed by atoms with Gasteiger partial charge in [-0.05, 0) is 24.1 Å². The van der Waals surface area contributed by atoms with Crippen molar-refractivity contribution in [2.75, 3.05) is 21.3 Å². The third kappa shape index (κ3) is 3.52. The van der Waals surface area contributed by atoms with Gasteiger partial charge in [-0.25, -0.2) is 0 Å². The Labute approximate surface area is 132 Å². The van der Waals surface area contributed by atoms with Gasteiger partial charge in [0.1, 0.15) is 0 Å². The van der Waals surface area contributed by atoms with E-state index in [0.717, 1.165) is 12.1 Å². The molecule has 0 amide bonds. The van der Waals surface area contributed by atoms with Crippen LogP contribution in [0.3, 0.4) is 0 Å². The smallest absolute Gasteiger partial charge is 0.203 e. The molecule has 4 nitrogen and oxygen atoms in total. The normalized spacial score (nSPS) is 10.4. The minimum atomic E-state index is 0.625. The van der Waals surface area contributed by atoms with Gasteiger partial charge in [0, 0.05) is 18.7 Å². The first-order valence-electron chi connectivity index (χ1n) is 7.24. The van der Waals surface area contributed by atoms with Crippen molar-refractivity contribution < 1.29 is 14.2 Å². The lowest BCUT2D eigenvalue weighted by Crippen LogP contribution is -2.14. The molecule has 0 radical (unpaired) electrons. The summed E-state index contributed by atoms with van der Waals surface area (Å²) in [5.41, 5.74) is 3.62. The van der Waals surface area contributed by atoms with Crippen molar-refractivity contribution in [2.24, 2.45) is 0 Å². The van der Waals surface area contributed by atoms with E-state index < -0.39 is 0 Å². The molecule has 0 atom stereocenters. The van der Waals surface area contributed by atoms with E-state index >= 15 is 0 Å². The number of aryl methyl sites for hydroxylation is 1. The van der Waals surface area contributed by atoms with E-state index in [4.69, 9.17) is 14.2 Å². The van der Waals surface area contributed by atoms with Crippen molar-refractivity contribution in [3.63, 3.8) is 0 Å². The number of methoxy groups -OCH3 is 3. The van der Waals surface area contributed by atoms with Gasteiger partial charge in [0.2, 0.25) is 5.75 Å². The molecule has 0 heterocycles. The standard InChI is InChI=1S/C18H23NO3/c1-13-7-5-6-8-14(13)11-19-12-15-9-10-16(20-2)18(22-4)17(15)21-3/h5-10,19H,11-12H2,1-4H3. The van der Waals surface area contributed by atoms with Gasteiger partial charge >= 0.3 is 0 Å². The molecule has 4 heteroatoms. The largest absolute Gasteiger partial charge is 0.493 e. The number of hydrogen-bond donors (Lipinski definition) is 1. The zero-order chi connectivity index (χ0) is 15.9. The highest BCUT2D eigenvalue weighted by molar-refractivity contribution is 5.55. The molecule has 1 N–H and O–H groups in total. The molecule has 0 saturated carbocycles. The molecule has 0 fully saturated rings. The number of benzene rings is 2. The summed E-state index contributed by atoms with van der Waals surface area (Å²) in [6.45, 7) is 3.62. The highest BCUT2D eigenvalue weighted by atomic mass is 16.5. The Morgan fingerprint density at radius 3 is 2.09 bits per heavy atom. The van der Waals surface area contributed by atoms with Crippen LogP contribution < -0.4 is 19.5 Å². The van der Waals surface area contributed by atoms with Crippen molar-refractivity contribution in [3.05, 3.63) is 53.1 Å². The van der Waals surface area contributed by atoms with Crippen molar-refractivity contribution >= 4 is 0 Å². The summed E-state index contributed by atoms with van der Waals surface area (Å²) in [7, 11) is 4.88. The van der Waals surface area contributed by atoms with E-state index in [1.54, 1.807) is 21.3 Å². The summed E-state index contributed by atoms with van der Waals surface area (Å²) in [5, 5.41) is 3.45. The first-order chi connectivity index (χ1) is 10.7. The van der Waals surface area contributed by atoms with Crippen molar-refractivity contribution in [1.29, 1.82) is 0 Å². The minimum Gasteiger partial charge on any atom is -0.493 e. The predicted molar refractivity (Wildman–Crippen MR) is 87.8 cm³/mol. The van der Waals surface area contributed by atoms with Gasteiger partial charge in [-0.3, -0.25) is 0 Å². The maximum Gasteiger partial charge on any atom is 0.203 e. The highest BCUT2D eigenvalue weighted by Gasteiger charge is 2.15. The average molecular weight is 301 g/mol. The number of hydrogen-bond acceptors (Lipinski definition) is 4. The molecule has 0 spiro atoms. The zero-order valence-corrected chi connectivity index (χ0v) is 13.6. The molecule has 0 aliphatic heterocycles. The van der Waals surface area contributed by atoms with Crippen LogP contribution in [0.2, 0.25) is 0 Å². The van der Waals surface area contributed by atoms with Crippen LogP contribution in [0.1, 0.15) is 16.7 Å². The molecular weight excluding hydrogens is 278 g/mol. The number of rotatable bonds is 7. The third-order valence-electron chi connectivity index (χ3n) is 3.68. The summed E-state index contributed by atoms with van der Waals surface area (Å²) in [4.78, 5) is 0. The molecule has 0 unspecified atom stereocenters. The van der Waals surface area contributed by atoms with E-state index in [1.807, 2.05) is 12.1 Å². The van der Waals surface area contributed by atoms with Crippen LogP contribution in [-0.2, 0) is 13.1 Å². The Balaban J connectivity index is 2.11. The summed E-state index contributed by atoms with van der Waals surface area (Å²) >= 11 is 0. The molecule has 0 aliphatic rings. The van der Waals surface area contributed by atoms with Crippen LogP contribution >= 0.6 is 0 Å². The Morgan fingerprint density at radius 2 is 1.45 bits per heavy atom. The van der Waals surface area contributed by atoms with E-state index in [-0.39, 0.29) is 0 Å². The molecule has 2 rings (SSSR count). The van der Waals surface area contributed by atoms with Gasteiger partial charge < -0.3 is 19.5 Å². The quantitative estimate of drug-likeness (QED) is 0.851. The molecule has 2 aromatic carbocycles. The average Bonchev–Trinajstić information content (AvgIpc) is 2.55. The summed E-state index contributed by atoms with van der Waals surface area (Å²) < 4.78 is 16.2. The van der Waals surface area contributed by atoms with Crippen LogP contribution in [0.5, 0.6) is 17.2 Å². The van der Waals surface area contributed by atoms with E-state index in [0.29, 0.717) is 23.8 Å². The Morgan fingerprint density at radius 1 is 0.773 bits per heavy atom. The van der Waals surface area contributed by atoms with Crippen LogP contribution in [0.25, 0.3) is 0 Å². The van der Waals surface area contributed by atoms with Crippen molar-refractivity contribution in [3.8, 4) is 17.2 Å². The minimum absolute atomic E-state index is 0.625. The molecule has 0 saturated heterocycles. The lowest BCUT2D eigenvalue weighted by Gasteiger charge is -2.16. The fraction of sp³-hybridized carbons (Fsp3) is 0.333. The third-order valence-corrected chi connectivity index (χ3v) is 3.68. The maximum atomic E-state index is 5.49. The van der Waals surface area contributed by atoms with Gasteiger partial charge in [-0.2, -0.15) is 0 Å². The van der Waals surface area contributed by atoms with E-state index in [1.165, 1.54) is 11.1 Å². The first kappa shape index (κ1) is 16.2. The summed E-state index contributed by atoms with van der Waals surface area (Å²) in [5.74, 6) is 2.00. The Kier molecular flexibility index (Phi) is 5.67. The van der Waals surface area contributed by atoms with E-state index in [2.05, 4.69) is 36.5 Å². The molecule has 2 aromatic rings. The van der Waals surface area contributed by atoms with Gasteiger partial charge in [-0.1, -0.05) is 30.3 Å². The molecule has 0 aliphatic carbocycles. The zero-order valence-electron chi connectivity index (χ0n) is 13.6. The topological polar surface area (TPSA) is 39.7 Å². The number of ether oxygens (including phenoxy) is 3. The fourth-order valence-corrected chi connectivity index (χ4v) is 2.44. The Hall–Kier alpha value is -2.20. The molecular formula is C18H23NO3. The number of nitrogens with one attached hydrogen (secondary N) is 1. The van der Waals surface area contributed by atoms with Crippen LogP contribution in [-0.4, -0.2) is 21.3 Å². The lowest BCUT2D eigenvalue weighted by molar-refractivity contribution is 0.321. The molecule has 0 aromatic heterocycles. The second-order valence-corrected chi connectivity index (χ2v) is 5.02. The molecule has 118 valence electrons. The van der Waals surface area contributed by atoms with Crippen LogP contribution in [0.4, 0.5) is 0 Å². The highest BCUT2D eigenvalue weighted by Crippen LogP contribution is 2.39.